The van der Waals surface area contributed by atoms with Crippen molar-refractivity contribution in [2.24, 2.45) is 0 Å². The Balaban J connectivity index is 1.87. The standard InChI is InChI=1S/C20H29BrN2O4/c1-3-26-17-12-15(16(21)14-18(17)27-4-2)13-19(24)22-9-8-20(25)23-10-6-5-7-11-23/h12,14H,3-11,13H2,1-2H3,(H,22,24). The molecule has 1 heterocycles. The average Bonchev–Trinajstić information content (AvgIpc) is 2.66. The van der Waals surface area contributed by atoms with Crippen molar-refractivity contribution in [2.75, 3.05) is 32.8 Å². The molecule has 150 valence electrons. The number of halogens is 1. The van der Waals surface area contributed by atoms with Gasteiger partial charge in [0.25, 0.3) is 0 Å². The Morgan fingerprint density at radius 1 is 1.07 bits per heavy atom. The molecular formula is C20H29BrN2O4. The van der Waals surface area contributed by atoms with Crippen molar-refractivity contribution in [2.45, 2.75) is 46.0 Å². The molecule has 7 heteroatoms. The third-order valence-electron chi connectivity index (χ3n) is 4.43. The molecule has 1 fully saturated rings. The summed E-state index contributed by atoms with van der Waals surface area (Å²) < 4.78 is 12.0. The van der Waals surface area contributed by atoms with E-state index in [0.717, 1.165) is 36.0 Å². The molecule has 6 nitrogen and oxygen atoms in total. The van der Waals surface area contributed by atoms with Gasteiger partial charge in [-0.3, -0.25) is 9.59 Å². The van der Waals surface area contributed by atoms with E-state index in [1.807, 2.05) is 30.9 Å². The first kappa shape index (κ1) is 21.5. The van der Waals surface area contributed by atoms with Crippen molar-refractivity contribution in [1.82, 2.24) is 10.2 Å². The molecule has 1 aliphatic rings. The van der Waals surface area contributed by atoms with Crippen molar-refractivity contribution >= 4 is 27.7 Å². The van der Waals surface area contributed by atoms with Gasteiger partial charge in [0.15, 0.2) is 11.5 Å². The van der Waals surface area contributed by atoms with Crippen molar-refractivity contribution in [1.29, 1.82) is 0 Å². The highest BCUT2D eigenvalue weighted by Gasteiger charge is 2.17. The van der Waals surface area contributed by atoms with Gasteiger partial charge in [-0.15, -0.1) is 0 Å². The van der Waals surface area contributed by atoms with Crippen LogP contribution in [0, 0.1) is 0 Å². The van der Waals surface area contributed by atoms with Crippen LogP contribution in [0.1, 0.15) is 45.1 Å². The van der Waals surface area contributed by atoms with Crippen LogP contribution in [0.3, 0.4) is 0 Å². The maximum atomic E-state index is 12.3. The summed E-state index contributed by atoms with van der Waals surface area (Å²) in [7, 11) is 0. The fourth-order valence-electron chi connectivity index (χ4n) is 3.10. The van der Waals surface area contributed by atoms with Crippen LogP contribution >= 0.6 is 15.9 Å². The molecule has 0 aliphatic carbocycles. The summed E-state index contributed by atoms with van der Waals surface area (Å²) in [6, 6.07) is 3.66. The zero-order chi connectivity index (χ0) is 19.6. The van der Waals surface area contributed by atoms with Gasteiger partial charge in [0, 0.05) is 30.5 Å². The van der Waals surface area contributed by atoms with Gasteiger partial charge in [-0.1, -0.05) is 15.9 Å². The second-order valence-corrected chi connectivity index (χ2v) is 7.33. The fraction of sp³-hybridized carbons (Fsp3) is 0.600. The van der Waals surface area contributed by atoms with Crippen LogP contribution in [0.4, 0.5) is 0 Å². The second kappa shape index (κ2) is 11.2. The van der Waals surface area contributed by atoms with Crippen LogP contribution in [0.5, 0.6) is 11.5 Å². The molecule has 0 radical (unpaired) electrons. The monoisotopic (exact) mass is 440 g/mol. The molecule has 1 aliphatic heterocycles. The first-order chi connectivity index (χ1) is 13.0. The van der Waals surface area contributed by atoms with Crippen molar-refractivity contribution < 1.29 is 19.1 Å². The minimum atomic E-state index is -0.117. The van der Waals surface area contributed by atoms with Gasteiger partial charge in [-0.05, 0) is 50.8 Å². The van der Waals surface area contributed by atoms with E-state index in [1.54, 1.807) is 0 Å². The van der Waals surface area contributed by atoms with Gasteiger partial charge in [-0.2, -0.15) is 0 Å². The van der Waals surface area contributed by atoms with E-state index >= 15 is 0 Å². The molecule has 1 aromatic rings. The summed E-state index contributed by atoms with van der Waals surface area (Å²) in [6.45, 7) is 6.92. The lowest BCUT2D eigenvalue weighted by atomic mass is 10.1. The lowest BCUT2D eigenvalue weighted by Crippen LogP contribution is -2.38. The van der Waals surface area contributed by atoms with Crippen molar-refractivity contribution in [3.8, 4) is 11.5 Å². The van der Waals surface area contributed by atoms with Gasteiger partial charge >= 0.3 is 0 Å². The van der Waals surface area contributed by atoms with E-state index in [9.17, 15) is 9.59 Å². The van der Waals surface area contributed by atoms with Gasteiger partial charge in [0.05, 0.1) is 19.6 Å². The summed E-state index contributed by atoms with van der Waals surface area (Å²) in [5.41, 5.74) is 0.821. The number of likely N-dealkylation sites (tertiary alicyclic amines) is 1. The Bertz CT molecular complexity index is 645. The number of carbonyl (C=O) groups excluding carboxylic acids is 2. The average molecular weight is 441 g/mol. The second-order valence-electron chi connectivity index (χ2n) is 6.47. The molecule has 0 bridgehead atoms. The highest BCUT2D eigenvalue weighted by atomic mass is 79.9. The summed E-state index contributed by atoms with van der Waals surface area (Å²) in [5, 5.41) is 2.84. The number of ether oxygens (including phenoxy) is 2. The Morgan fingerprint density at radius 2 is 1.70 bits per heavy atom. The largest absolute Gasteiger partial charge is 0.490 e. The minimum absolute atomic E-state index is 0.117. The SMILES string of the molecule is CCOc1cc(Br)c(CC(=O)NCCC(=O)N2CCCCC2)cc1OCC. The predicted octanol–water partition coefficient (Wildman–Crippen LogP) is 3.31. The Labute approximate surface area is 169 Å². The number of hydrogen-bond acceptors (Lipinski definition) is 4. The van der Waals surface area contributed by atoms with Crippen molar-refractivity contribution in [3.05, 3.63) is 22.2 Å². The Hall–Kier alpha value is -1.76. The molecule has 1 aromatic carbocycles. The molecule has 0 spiro atoms. The Kier molecular flexibility index (Phi) is 8.91. The molecule has 0 saturated carbocycles. The highest BCUT2D eigenvalue weighted by molar-refractivity contribution is 9.10. The topological polar surface area (TPSA) is 67.9 Å². The number of nitrogens with one attached hydrogen (secondary N) is 1. The zero-order valence-electron chi connectivity index (χ0n) is 16.2. The zero-order valence-corrected chi connectivity index (χ0v) is 17.8. The quantitative estimate of drug-likeness (QED) is 0.639. The molecule has 0 unspecified atom stereocenters. The lowest BCUT2D eigenvalue weighted by Gasteiger charge is -2.26. The lowest BCUT2D eigenvalue weighted by molar-refractivity contribution is -0.132. The predicted molar refractivity (Wildman–Crippen MR) is 108 cm³/mol. The van der Waals surface area contributed by atoms with Crippen LogP contribution in [-0.2, 0) is 16.0 Å². The number of hydrogen-bond donors (Lipinski definition) is 1. The van der Waals surface area contributed by atoms with Crippen LogP contribution < -0.4 is 14.8 Å². The Morgan fingerprint density at radius 3 is 2.33 bits per heavy atom. The fourth-order valence-corrected chi connectivity index (χ4v) is 3.56. The molecule has 2 rings (SSSR count). The molecular weight excluding hydrogens is 412 g/mol. The van der Waals surface area contributed by atoms with Gasteiger partial charge < -0.3 is 19.7 Å². The van der Waals surface area contributed by atoms with Crippen molar-refractivity contribution in [3.63, 3.8) is 0 Å². The van der Waals surface area contributed by atoms with E-state index in [0.29, 0.717) is 37.7 Å². The first-order valence-electron chi connectivity index (χ1n) is 9.67. The molecule has 0 atom stereocenters. The van der Waals surface area contributed by atoms with Gasteiger partial charge in [-0.25, -0.2) is 0 Å². The van der Waals surface area contributed by atoms with E-state index in [1.165, 1.54) is 6.42 Å². The van der Waals surface area contributed by atoms with Crippen LogP contribution in [0.15, 0.2) is 16.6 Å². The minimum Gasteiger partial charge on any atom is -0.490 e. The maximum Gasteiger partial charge on any atom is 0.224 e. The van der Waals surface area contributed by atoms with E-state index in [-0.39, 0.29) is 18.2 Å². The number of amides is 2. The number of benzene rings is 1. The van der Waals surface area contributed by atoms with E-state index in [2.05, 4.69) is 21.2 Å². The van der Waals surface area contributed by atoms with Crippen LogP contribution in [-0.4, -0.2) is 49.6 Å². The van der Waals surface area contributed by atoms with E-state index in [4.69, 9.17) is 9.47 Å². The summed E-state index contributed by atoms with van der Waals surface area (Å²) in [5.74, 6) is 1.29. The van der Waals surface area contributed by atoms with Crippen LogP contribution in [0.25, 0.3) is 0 Å². The van der Waals surface area contributed by atoms with Gasteiger partial charge in [0.1, 0.15) is 0 Å². The summed E-state index contributed by atoms with van der Waals surface area (Å²) in [6.07, 6.45) is 3.91. The third kappa shape index (κ3) is 6.72. The molecule has 27 heavy (non-hydrogen) atoms. The molecule has 0 aromatic heterocycles. The number of nitrogens with zero attached hydrogens (tertiary/aromatic N) is 1. The summed E-state index contributed by atoms with van der Waals surface area (Å²) >= 11 is 3.50. The van der Waals surface area contributed by atoms with E-state index < -0.39 is 0 Å². The molecule has 1 N–H and O–H groups in total. The number of rotatable bonds is 9. The normalized spacial score (nSPS) is 14.0. The smallest absolute Gasteiger partial charge is 0.224 e. The maximum absolute atomic E-state index is 12.3. The molecule has 1 saturated heterocycles. The highest BCUT2D eigenvalue weighted by Crippen LogP contribution is 2.34. The van der Waals surface area contributed by atoms with Crippen LogP contribution in [0.2, 0.25) is 0 Å². The third-order valence-corrected chi connectivity index (χ3v) is 5.17. The van der Waals surface area contributed by atoms with Gasteiger partial charge in [0.2, 0.25) is 11.8 Å². The molecule has 2 amide bonds. The number of carbonyl (C=O) groups is 2. The summed E-state index contributed by atoms with van der Waals surface area (Å²) in [4.78, 5) is 26.3. The number of piperidine rings is 1. The first-order valence-corrected chi connectivity index (χ1v) is 10.5.